The maximum atomic E-state index is 11.8. The van der Waals surface area contributed by atoms with Crippen LogP contribution < -0.4 is 5.32 Å². The number of nitrogens with zero attached hydrogens (tertiary/aromatic N) is 3. The minimum atomic E-state index is -0.654. The highest BCUT2D eigenvalue weighted by atomic mass is 16.2. The first-order chi connectivity index (χ1) is 7.57. The van der Waals surface area contributed by atoms with Crippen molar-refractivity contribution in [1.29, 1.82) is 0 Å². The largest absolute Gasteiger partial charge is 0.351 e. The van der Waals surface area contributed by atoms with Crippen molar-refractivity contribution in [2.24, 2.45) is 5.11 Å². The SMILES string of the molecule is CC1(C)C(=O)NCc2cccc(N=[N+]=[N-])c21. The summed E-state index contributed by atoms with van der Waals surface area (Å²) in [6, 6.07) is 5.50. The molecule has 1 aromatic rings. The van der Waals surface area contributed by atoms with Crippen LogP contribution >= 0.6 is 0 Å². The number of azide groups is 1. The molecule has 0 aromatic heterocycles. The average molecular weight is 216 g/mol. The van der Waals surface area contributed by atoms with E-state index in [1.165, 1.54) is 0 Å². The van der Waals surface area contributed by atoms with Gasteiger partial charge in [0.2, 0.25) is 5.91 Å². The van der Waals surface area contributed by atoms with Crippen LogP contribution in [-0.2, 0) is 16.8 Å². The van der Waals surface area contributed by atoms with Crippen molar-refractivity contribution in [2.75, 3.05) is 0 Å². The molecular weight excluding hydrogens is 204 g/mol. The van der Waals surface area contributed by atoms with Gasteiger partial charge in [-0.15, -0.1) is 0 Å². The molecule has 5 nitrogen and oxygen atoms in total. The average Bonchev–Trinajstić information content (AvgIpc) is 2.24. The lowest BCUT2D eigenvalue weighted by atomic mass is 9.77. The van der Waals surface area contributed by atoms with Crippen molar-refractivity contribution in [3.63, 3.8) is 0 Å². The summed E-state index contributed by atoms with van der Waals surface area (Å²) in [6.45, 7) is 4.15. The maximum absolute atomic E-state index is 11.8. The van der Waals surface area contributed by atoms with E-state index in [4.69, 9.17) is 5.53 Å². The van der Waals surface area contributed by atoms with Crippen LogP contribution in [0.5, 0.6) is 0 Å². The van der Waals surface area contributed by atoms with E-state index in [2.05, 4.69) is 15.3 Å². The Morgan fingerprint density at radius 3 is 2.94 bits per heavy atom. The molecule has 5 heteroatoms. The summed E-state index contributed by atoms with van der Waals surface area (Å²) in [4.78, 5) is 14.6. The number of hydrogen-bond donors (Lipinski definition) is 1. The van der Waals surface area contributed by atoms with Gasteiger partial charge < -0.3 is 5.32 Å². The van der Waals surface area contributed by atoms with Gasteiger partial charge in [-0.25, -0.2) is 0 Å². The summed E-state index contributed by atoms with van der Waals surface area (Å²) in [5, 5.41) is 6.47. The molecule has 0 unspecified atom stereocenters. The highest BCUT2D eigenvalue weighted by Gasteiger charge is 2.36. The number of hydrogen-bond acceptors (Lipinski definition) is 2. The lowest BCUT2D eigenvalue weighted by Crippen LogP contribution is -2.44. The molecule has 1 aliphatic rings. The van der Waals surface area contributed by atoms with Crippen molar-refractivity contribution in [2.45, 2.75) is 25.8 Å². The number of carbonyl (C=O) groups excluding carboxylic acids is 1. The standard InChI is InChI=1S/C11H12N4O/c1-11(2)9-7(6-13-10(11)16)4-3-5-8(9)14-15-12/h3-5H,6H2,1-2H3,(H,13,16). The Hall–Kier alpha value is -2.00. The third-order valence-corrected chi connectivity index (χ3v) is 2.91. The Morgan fingerprint density at radius 1 is 1.50 bits per heavy atom. The third kappa shape index (κ3) is 1.42. The van der Waals surface area contributed by atoms with Crippen molar-refractivity contribution in [1.82, 2.24) is 5.32 Å². The van der Waals surface area contributed by atoms with Crippen LogP contribution in [0.4, 0.5) is 5.69 Å². The molecule has 0 radical (unpaired) electrons. The first-order valence-electron chi connectivity index (χ1n) is 5.03. The predicted octanol–water partition coefficient (Wildman–Crippen LogP) is 2.54. The fourth-order valence-corrected chi connectivity index (χ4v) is 2.10. The van der Waals surface area contributed by atoms with Gasteiger partial charge in [0.1, 0.15) is 0 Å². The van der Waals surface area contributed by atoms with Gasteiger partial charge in [-0.2, -0.15) is 0 Å². The van der Waals surface area contributed by atoms with Crippen LogP contribution in [0.25, 0.3) is 10.4 Å². The minimum Gasteiger partial charge on any atom is -0.351 e. The van der Waals surface area contributed by atoms with Crippen molar-refractivity contribution < 1.29 is 4.79 Å². The third-order valence-electron chi connectivity index (χ3n) is 2.91. The highest BCUT2D eigenvalue weighted by molar-refractivity contribution is 5.91. The number of rotatable bonds is 1. The first-order valence-corrected chi connectivity index (χ1v) is 5.03. The lowest BCUT2D eigenvalue weighted by molar-refractivity contribution is -0.126. The molecular formula is C11H12N4O. The van der Waals surface area contributed by atoms with Crippen molar-refractivity contribution in [3.8, 4) is 0 Å². The van der Waals surface area contributed by atoms with Gasteiger partial charge in [0.15, 0.2) is 0 Å². The zero-order chi connectivity index (χ0) is 11.8. The Kier molecular flexibility index (Phi) is 2.33. The smallest absolute Gasteiger partial charge is 0.230 e. The van der Waals surface area contributed by atoms with E-state index in [1.54, 1.807) is 6.07 Å². The molecule has 16 heavy (non-hydrogen) atoms. The zero-order valence-electron chi connectivity index (χ0n) is 9.19. The second kappa shape index (κ2) is 3.54. The number of benzene rings is 1. The van der Waals surface area contributed by atoms with Crippen molar-refractivity contribution >= 4 is 11.6 Å². The van der Waals surface area contributed by atoms with Crippen molar-refractivity contribution in [3.05, 3.63) is 39.8 Å². The molecule has 0 saturated heterocycles. The number of nitrogens with one attached hydrogen (secondary N) is 1. The zero-order valence-corrected chi connectivity index (χ0v) is 9.19. The summed E-state index contributed by atoms with van der Waals surface area (Å²) in [7, 11) is 0. The van der Waals surface area contributed by atoms with E-state index in [1.807, 2.05) is 26.0 Å². The van der Waals surface area contributed by atoms with Crippen LogP contribution in [0.1, 0.15) is 25.0 Å². The summed E-state index contributed by atoms with van der Waals surface area (Å²) in [5.74, 6) is -0.0411. The topological polar surface area (TPSA) is 77.9 Å². The molecule has 1 amide bonds. The molecule has 1 heterocycles. The molecule has 0 atom stereocenters. The summed E-state index contributed by atoms with van der Waals surface area (Å²) in [5.41, 5.74) is 10.2. The van der Waals surface area contributed by atoms with Gasteiger partial charge in [-0.05, 0) is 30.5 Å². The number of carbonyl (C=O) groups is 1. The highest BCUT2D eigenvalue weighted by Crippen LogP contribution is 2.37. The van der Waals surface area contributed by atoms with E-state index in [0.717, 1.165) is 11.1 Å². The van der Waals surface area contributed by atoms with Gasteiger partial charge >= 0.3 is 0 Å². The Labute approximate surface area is 93.1 Å². The number of amides is 1. The van der Waals surface area contributed by atoms with Gasteiger partial charge in [0.05, 0.1) is 5.41 Å². The number of fused-ring (bicyclic) bond motifs is 1. The van der Waals surface area contributed by atoms with Crippen LogP contribution in [0.15, 0.2) is 23.3 Å². The van der Waals surface area contributed by atoms with Crippen LogP contribution in [0.2, 0.25) is 0 Å². The van der Waals surface area contributed by atoms with Gasteiger partial charge in [-0.3, -0.25) is 4.79 Å². The van der Waals surface area contributed by atoms with E-state index in [0.29, 0.717) is 12.2 Å². The van der Waals surface area contributed by atoms with Crippen LogP contribution in [0, 0.1) is 0 Å². The molecule has 1 aromatic carbocycles. The molecule has 0 spiro atoms. The second-order valence-electron chi connectivity index (χ2n) is 4.31. The summed E-state index contributed by atoms with van der Waals surface area (Å²) < 4.78 is 0. The van der Waals surface area contributed by atoms with E-state index >= 15 is 0 Å². The molecule has 0 fully saturated rings. The Morgan fingerprint density at radius 2 is 2.25 bits per heavy atom. The Balaban J connectivity index is 2.71. The summed E-state index contributed by atoms with van der Waals surface area (Å²) in [6.07, 6.45) is 0. The van der Waals surface area contributed by atoms with E-state index < -0.39 is 5.41 Å². The first kappa shape index (κ1) is 10.5. The fourth-order valence-electron chi connectivity index (χ4n) is 2.10. The molecule has 0 bridgehead atoms. The van der Waals surface area contributed by atoms with Gasteiger partial charge in [-0.1, -0.05) is 23.3 Å². The van der Waals surface area contributed by atoms with E-state index in [9.17, 15) is 4.79 Å². The normalized spacial score (nSPS) is 17.0. The molecule has 0 aliphatic carbocycles. The molecule has 0 saturated carbocycles. The predicted molar refractivity (Wildman–Crippen MR) is 60.1 cm³/mol. The van der Waals surface area contributed by atoms with Gasteiger partial charge in [0.25, 0.3) is 0 Å². The summed E-state index contributed by atoms with van der Waals surface area (Å²) >= 11 is 0. The fraction of sp³-hybridized carbons (Fsp3) is 0.364. The van der Waals surface area contributed by atoms with Crippen LogP contribution in [-0.4, -0.2) is 5.91 Å². The minimum absolute atomic E-state index is 0.0411. The van der Waals surface area contributed by atoms with Gasteiger partial charge in [0, 0.05) is 17.1 Å². The lowest BCUT2D eigenvalue weighted by Gasteiger charge is -2.32. The van der Waals surface area contributed by atoms with Crippen LogP contribution in [0.3, 0.4) is 0 Å². The Bertz CT molecular complexity index is 501. The van der Waals surface area contributed by atoms with E-state index in [-0.39, 0.29) is 5.91 Å². The molecule has 1 aliphatic heterocycles. The monoisotopic (exact) mass is 216 g/mol. The second-order valence-corrected chi connectivity index (χ2v) is 4.31. The molecule has 2 rings (SSSR count). The quantitative estimate of drug-likeness (QED) is 0.437. The maximum Gasteiger partial charge on any atom is 0.230 e. The molecule has 1 N–H and O–H groups in total. The molecule has 82 valence electrons.